The van der Waals surface area contributed by atoms with E-state index in [0.717, 1.165) is 18.1 Å². The Morgan fingerprint density at radius 1 is 1.25 bits per heavy atom. The van der Waals surface area contributed by atoms with Crippen molar-refractivity contribution in [3.63, 3.8) is 0 Å². The molecule has 16 heavy (non-hydrogen) atoms. The third-order valence-electron chi connectivity index (χ3n) is 1.91. The van der Waals surface area contributed by atoms with E-state index in [1.807, 2.05) is 30.3 Å². The first kappa shape index (κ1) is 12.9. The molecule has 0 amide bonds. The van der Waals surface area contributed by atoms with Crippen LogP contribution in [0.25, 0.3) is 0 Å². The minimum absolute atomic E-state index is 0.258. The normalized spacial score (nSPS) is 12.0. The highest BCUT2D eigenvalue weighted by Crippen LogP contribution is 2.03. The Kier molecular flexibility index (Phi) is 6.48. The fourth-order valence-electron chi connectivity index (χ4n) is 1.18. The van der Waals surface area contributed by atoms with Crippen molar-refractivity contribution >= 4 is 24.7 Å². The van der Waals surface area contributed by atoms with Gasteiger partial charge in [-0.25, -0.2) is 9.44 Å². The van der Waals surface area contributed by atoms with Gasteiger partial charge in [0.1, 0.15) is 12.6 Å². The highest BCUT2D eigenvalue weighted by molar-refractivity contribution is 7.95. The van der Waals surface area contributed by atoms with E-state index in [1.54, 1.807) is 0 Å². The largest absolute Gasteiger partial charge is 0.302 e. The summed E-state index contributed by atoms with van der Waals surface area (Å²) >= 11 is 1.17. The second-order valence-electron chi connectivity index (χ2n) is 3.17. The maximum Gasteiger partial charge on any atom is 0.138 e. The van der Waals surface area contributed by atoms with Crippen LogP contribution in [0.1, 0.15) is 5.56 Å². The Balaban J connectivity index is 2.32. The van der Waals surface area contributed by atoms with Gasteiger partial charge in [0, 0.05) is 12.1 Å². The molecule has 0 bridgehead atoms. The lowest BCUT2D eigenvalue weighted by molar-refractivity contribution is -0.109. The predicted molar refractivity (Wildman–Crippen MR) is 64.8 cm³/mol. The first-order valence-electron chi connectivity index (χ1n) is 4.94. The van der Waals surface area contributed by atoms with Crippen LogP contribution in [0.15, 0.2) is 30.3 Å². The van der Waals surface area contributed by atoms with Crippen LogP contribution in [0.5, 0.6) is 0 Å². The first-order valence-corrected chi connectivity index (χ1v) is 5.75. The van der Waals surface area contributed by atoms with Crippen LogP contribution in [-0.4, -0.2) is 25.2 Å². The van der Waals surface area contributed by atoms with Crippen molar-refractivity contribution in [2.24, 2.45) is 0 Å². The van der Waals surface area contributed by atoms with Crippen molar-refractivity contribution in [1.82, 2.24) is 9.44 Å². The molecule has 0 saturated carbocycles. The summed E-state index contributed by atoms with van der Waals surface area (Å²) in [4.78, 5) is 20.8. The number of hydrogen-bond acceptors (Lipinski definition) is 5. The van der Waals surface area contributed by atoms with Crippen molar-refractivity contribution in [2.75, 3.05) is 6.54 Å². The fourth-order valence-corrected chi connectivity index (χ4v) is 1.70. The second kappa shape index (κ2) is 8.04. The van der Waals surface area contributed by atoms with Crippen LogP contribution in [0.4, 0.5) is 0 Å². The smallest absolute Gasteiger partial charge is 0.138 e. The van der Waals surface area contributed by atoms with Gasteiger partial charge in [-0.15, -0.1) is 0 Å². The zero-order valence-electron chi connectivity index (χ0n) is 8.76. The van der Waals surface area contributed by atoms with E-state index < -0.39 is 0 Å². The number of carbonyl (C=O) groups is 2. The summed E-state index contributed by atoms with van der Waals surface area (Å²) in [6, 6.07) is 9.51. The molecule has 5 heteroatoms. The maximum atomic E-state index is 10.8. The molecule has 0 aromatic heterocycles. The molecule has 0 aliphatic carbocycles. The summed E-state index contributed by atoms with van der Waals surface area (Å²) in [6.07, 6.45) is 2.27. The van der Waals surface area contributed by atoms with E-state index in [1.165, 1.54) is 12.1 Å². The summed E-state index contributed by atoms with van der Waals surface area (Å²) in [5, 5.41) is 0. The van der Waals surface area contributed by atoms with Crippen LogP contribution in [0.3, 0.4) is 0 Å². The Hall–Kier alpha value is -1.17. The topological polar surface area (TPSA) is 58.2 Å². The molecule has 1 aromatic rings. The van der Waals surface area contributed by atoms with Crippen molar-refractivity contribution < 1.29 is 9.59 Å². The maximum absolute atomic E-state index is 10.8. The van der Waals surface area contributed by atoms with Gasteiger partial charge in [0.2, 0.25) is 0 Å². The summed E-state index contributed by atoms with van der Waals surface area (Å²) in [5.41, 5.74) is 1.10. The Bertz CT molecular complexity index is 319. The molecule has 0 fully saturated rings. The summed E-state index contributed by atoms with van der Waals surface area (Å²) in [7, 11) is 0. The number of nitrogens with one attached hydrogen (secondary N) is 2. The van der Waals surface area contributed by atoms with Gasteiger partial charge in [-0.2, -0.15) is 0 Å². The van der Waals surface area contributed by atoms with Gasteiger partial charge in [0.05, 0.1) is 12.6 Å². The summed E-state index contributed by atoms with van der Waals surface area (Å²) in [6.45, 7) is 0.259. The third-order valence-corrected chi connectivity index (χ3v) is 2.64. The Morgan fingerprint density at radius 2 is 2.00 bits per heavy atom. The van der Waals surface area contributed by atoms with Gasteiger partial charge in [-0.3, -0.25) is 0 Å². The lowest BCUT2D eigenvalue weighted by atomic mass is 10.1. The zero-order valence-corrected chi connectivity index (χ0v) is 9.57. The van der Waals surface area contributed by atoms with E-state index in [4.69, 9.17) is 0 Å². The standard InChI is InChI=1S/C11H14N2O2S/c14-7-6-12-16-13-11(9-15)8-10-4-2-1-3-5-10/h1-5,7,9,11-13H,6,8H2. The minimum atomic E-state index is -0.258. The van der Waals surface area contributed by atoms with Crippen molar-refractivity contribution in [3.05, 3.63) is 35.9 Å². The summed E-state index contributed by atoms with van der Waals surface area (Å²) < 4.78 is 5.70. The average molecular weight is 238 g/mol. The van der Waals surface area contributed by atoms with Crippen LogP contribution < -0.4 is 9.44 Å². The van der Waals surface area contributed by atoms with E-state index in [0.29, 0.717) is 6.42 Å². The van der Waals surface area contributed by atoms with Gasteiger partial charge in [0.15, 0.2) is 0 Å². The van der Waals surface area contributed by atoms with E-state index in [-0.39, 0.29) is 12.6 Å². The molecule has 1 rings (SSSR count). The van der Waals surface area contributed by atoms with Crippen LogP contribution in [0, 0.1) is 0 Å². The van der Waals surface area contributed by atoms with E-state index in [2.05, 4.69) is 9.44 Å². The van der Waals surface area contributed by atoms with Gasteiger partial charge in [-0.05, 0) is 12.0 Å². The molecule has 0 radical (unpaired) electrons. The van der Waals surface area contributed by atoms with Crippen molar-refractivity contribution in [2.45, 2.75) is 12.5 Å². The van der Waals surface area contributed by atoms with E-state index >= 15 is 0 Å². The molecular formula is C11H14N2O2S. The molecule has 4 nitrogen and oxygen atoms in total. The van der Waals surface area contributed by atoms with Gasteiger partial charge in [-0.1, -0.05) is 30.3 Å². The molecule has 86 valence electrons. The molecule has 0 aliphatic heterocycles. The zero-order chi connectivity index (χ0) is 11.6. The quantitative estimate of drug-likeness (QED) is 0.397. The van der Waals surface area contributed by atoms with Gasteiger partial charge < -0.3 is 9.59 Å². The Morgan fingerprint density at radius 3 is 2.62 bits per heavy atom. The molecule has 0 saturated heterocycles. The molecule has 1 unspecified atom stereocenters. The molecule has 2 N–H and O–H groups in total. The number of carbonyl (C=O) groups excluding carboxylic acids is 2. The van der Waals surface area contributed by atoms with Gasteiger partial charge in [0.25, 0.3) is 0 Å². The first-order chi connectivity index (χ1) is 7.86. The van der Waals surface area contributed by atoms with Crippen molar-refractivity contribution in [1.29, 1.82) is 0 Å². The van der Waals surface area contributed by atoms with E-state index in [9.17, 15) is 9.59 Å². The lowest BCUT2D eigenvalue weighted by Crippen LogP contribution is -2.30. The number of aldehydes is 2. The van der Waals surface area contributed by atoms with Crippen LogP contribution in [-0.2, 0) is 16.0 Å². The second-order valence-corrected chi connectivity index (χ2v) is 3.90. The minimum Gasteiger partial charge on any atom is -0.302 e. The summed E-state index contributed by atoms with van der Waals surface area (Å²) in [5.74, 6) is 0. The molecule has 0 aliphatic rings. The van der Waals surface area contributed by atoms with Crippen LogP contribution in [0.2, 0.25) is 0 Å². The monoisotopic (exact) mass is 238 g/mol. The number of benzene rings is 1. The Labute approximate surface area is 99.1 Å². The lowest BCUT2D eigenvalue weighted by Gasteiger charge is -2.11. The molecule has 0 heterocycles. The van der Waals surface area contributed by atoms with Crippen molar-refractivity contribution in [3.8, 4) is 0 Å². The SMILES string of the molecule is O=CCNSNC(C=O)Cc1ccccc1. The predicted octanol–water partition coefficient (Wildman–Crippen LogP) is 0.738. The van der Waals surface area contributed by atoms with Crippen LogP contribution >= 0.6 is 12.1 Å². The number of rotatable bonds is 8. The van der Waals surface area contributed by atoms with Gasteiger partial charge >= 0.3 is 0 Å². The molecule has 1 atom stereocenters. The molecule has 1 aromatic carbocycles. The molecular weight excluding hydrogens is 224 g/mol. The highest BCUT2D eigenvalue weighted by Gasteiger charge is 2.07. The average Bonchev–Trinajstić information content (AvgIpc) is 2.34. The third kappa shape index (κ3) is 5.06. The number of hydrogen-bond donors (Lipinski definition) is 2. The fraction of sp³-hybridized carbons (Fsp3) is 0.273. The molecule has 0 spiro atoms. The highest BCUT2D eigenvalue weighted by atomic mass is 32.2.